The Morgan fingerprint density at radius 2 is 1.74 bits per heavy atom. The number of fused-ring (bicyclic) bond motifs is 1. The van der Waals surface area contributed by atoms with Crippen LogP contribution >= 0.6 is 0 Å². The topological polar surface area (TPSA) is 52.8 Å². The molecule has 0 aromatic heterocycles. The highest BCUT2D eigenvalue weighted by atomic mass is 16.2. The maximum Gasteiger partial charge on any atom is 0.254 e. The lowest BCUT2D eigenvalue weighted by Gasteiger charge is -2.35. The van der Waals surface area contributed by atoms with E-state index in [-0.39, 0.29) is 11.9 Å². The van der Waals surface area contributed by atoms with Crippen molar-refractivity contribution < 1.29 is 4.79 Å². The van der Waals surface area contributed by atoms with Crippen LogP contribution in [0.4, 0.5) is 5.69 Å². The van der Waals surface area contributed by atoms with Crippen LogP contribution in [0.1, 0.15) is 29.6 Å². The standard InChI is InChI=1S/C22H30N4O/c1-24-12-9-16(10-13-24)26-14-11-17(15-26)25(2)22(27)20-7-3-6-19-18(20)5-4-8-21(19)23/h3-8,16-17H,9-15,23H2,1-2H3. The molecular weight excluding hydrogens is 336 g/mol. The van der Waals surface area contributed by atoms with Crippen molar-refractivity contribution in [3.8, 4) is 0 Å². The number of likely N-dealkylation sites (tertiary alicyclic amines) is 2. The van der Waals surface area contributed by atoms with Crippen molar-refractivity contribution >= 4 is 22.4 Å². The van der Waals surface area contributed by atoms with Crippen molar-refractivity contribution in [2.45, 2.75) is 31.3 Å². The van der Waals surface area contributed by atoms with Crippen LogP contribution in [0.15, 0.2) is 36.4 Å². The first-order chi connectivity index (χ1) is 13.0. The van der Waals surface area contributed by atoms with Gasteiger partial charge in [-0.15, -0.1) is 0 Å². The van der Waals surface area contributed by atoms with Crippen LogP contribution in [-0.4, -0.2) is 73.0 Å². The van der Waals surface area contributed by atoms with Crippen LogP contribution in [0.5, 0.6) is 0 Å². The van der Waals surface area contributed by atoms with E-state index in [0.29, 0.717) is 6.04 Å². The summed E-state index contributed by atoms with van der Waals surface area (Å²) in [6, 6.07) is 12.6. The molecule has 5 nitrogen and oxygen atoms in total. The molecule has 1 unspecified atom stereocenters. The molecule has 0 saturated carbocycles. The first-order valence-electron chi connectivity index (χ1n) is 10.0. The highest BCUT2D eigenvalue weighted by Gasteiger charge is 2.33. The Morgan fingerprint density at radius 1 is 1.04 bits per heavy atom. The third kappa shape index (κ3) is 3.54. The van der Waals surface area contributed by atoms with Gasteiger partial charge in [-0.05, 0) is 56.9 Å². The molecule has 0 spiro atoms. The van der Waals surface area contributed by atoms with Gasteiger partial charge in [0.05, 0.1) is 0 Å². The lowest BCUT2D eigenvalue weighted by Crippen LogP contribution is -2.45. The van der Waals surface area contributed by atoms with Gasteiger partial charge >= 0.3 is 0 Å². The van der Waals surface area contributed by atoms with Gasteiger partial charge in [-0.1, -0.05) is 24.3 Å². The molecule has 2 aromatic rings. The lowest BCUT2D eigenvalue weighted by molar-refractivity contribution is 0.0723. The monoisotopic (exact) mass is 366 g/mol. The molecule has 2 heterocycles. The van der Waals surface area contributed by atoms with Crippen molar-refractivity contribution in [3.63, 3.8) is 0 Å². The number of piperidine rings is 1. The molecule has 2 aliphatic heterocycles. The van der Waals surface area contributed by atoms with E-state index >= 15 is 0 Å². The molecule has 2 aromatic carbocycles. The first kappa shape index (κ1) is 18.3. The fraction of sp³-hybridized carbons (Fsp3) is 0.500. The summed E-state index contributed by atoms with van der Waals surface area (Å²) in [5.41, 5.74) is 7.57. The summed E-state index contributed by atoms with van der Waals surface area (Å²) in [6.45, 7) is 4.44. The molecule has 2 fully saturated rings. The van der Waals surface area contributed by atoms with Gasteiger partial charge in [0.2, 0.25) is 0 Å². The Labute approximate surface area is 161 Å². The number of nitrogens with two attached hydrogens (primary N) is 1. The summed E-state index contributed by atoms with van der Waals surface area (Å²) in [7, 11) is 4.16. The van der Waals surface area contributed by atoms with Gasteiger partial charge in [0.1, 0.15) is 0 Å². The predicted molar refractivity (Wildman–Crippen MR) is 111 cm³/mol. The zero-order valence-corrected chi connectivity index (χ0v) is 16.4. The van der Waals surface area contributed by atoms with Crippen molar-refractivity contribution in [3.05, 3.63) is 42.0 Å². The molecule has 1 atom stereocenters. The van der Waals surface area contributed by atoms with Crippen molar-refractivity contribution in [2.75, 3.05) is 46.0 Å². The van der Waals surface area contributed by atoms with Gasteiger partial charge in [0.15, 0.2) is 0 Å². The summed E-state index contributed by atoms with van der Waals surface area (Å²) in [5.74, 6) is 0.0985. The second kappa shape index (κ2) is 7.49. The Kier molecular flexibility index (Phi) is 5.06. The molecule has 1 amide bonds. The van der Waals surface area contributed by atoms with Crippen molar-refractivity contribution in [1.82, 2.24) is 14.7 Å². The molecule has 5 heteroatoms. The van der Waals surface area contributed by atoms with E-state index in [0.717, 1.165) is 41.5 Å². The molecule has 0 aliphatic carbocycles. The molecule has 2 saturated heterocycles. The minimum Gasteiger partial charge on any atom is -0.398 e. The fourth-order valence-corrected chi connectivity index (χ4v) is 4.65. The normalized spacial score (nSPS) is 22.4. The first-order valence-corrected chi connectivity index (χ1v) is 10.0. The van der Waals surface area contributed by atoms with Gasteiger partial charge in [-0.3, -0.25) is 9.69 Å². The predicted octanol–water partition coefficient (Wildman–Crippen LogP) is 2.66. The summed E-state index contributed by atoms with van der Waals surface area (Å²) in [5, 5.41) is 1.90. The van der Waals surface area contributed by atoms with Crippen LogP contribution in [-0.2, 0) is 0 Å². The van der Waals surface area contributed by atoms with Crippen LogP contribution in [0.25, 0.3) is 10.8 Å². The molecule has 4 rings (SSSR count). The summed E-state index contributed by atoms with van der Waals surface area (Å²) >= 11 is 0. The van der Waals surface area contributed by atoms with E-state index in [9.17, 15) is 4.79 Å². The summed E-state index contributed by atoms with van der Waals surface area (Å²) < 4.78 is 0. The highest BCUT2D eigenvalue weighted by molar-refractivity contribution is 6.09. The Bertz CT molecular complexity index is 828. The zero-order chi connectivity index (χ0) is 19.0. The lowest BCUT2D eigenvalue weighted by atomic mass is 10.0. The SMILES string of the molecule is CN1CCC(N2CCC(N(C)C(=O)c3cccc4c(N)cccc34)C2)CC1. The van der Waals surface area contributed by atoms with E-state index in [4.69, 9.17) is 5.73 Å². The quantitative estimate of drug-likeness (QED) is 0.849. The van der Waals surface area contributed by atoms with E-state index in [1.807, 2.05) is 48.3 Å². The fourth-order valence-electron chi connectivity index (χ4n) is 4.65. The highest BCUT2D eigenvalue weighted by Crippen LogP contribution is 2.27. The number of nitrogen functional groups attached to an aromatic ring is 1. The molecule has 27 heavy (non-hydrogen) atoms. The van der Waals surface area contributed by atoms with Crippen LogP contribution in [0.3, 0.4) is 0 Å². The van der Waals surface area contributed by atoms with Gasteiger partial charge in [0, 0.05) is 48.9 Å². The number of hydrogen-bond acceptors (Lipinski definition) is 4. The number of hydrogen-bond donors (Lipinski definition) is 1. The van der Waals surface area contributed by atoms with E-state index < -0.39 is 0 Å². The Balaban J connectivity index is 1.48. The maximum absolute atomic E-state index is 13.2. The number of nitrogens with zero attached hydrogens (tertiary/aromatic N) is 3. The van der Waals surface area contributed by atoms with Gasteiger partial charge in [0.25, 0.3) is 5.91 Å². The number of carbonyl (C=O) groups is 1. The molecule has 2 N–H and O–H groups in total. The van der Waals surface area contributed by atoms with Gasteiger partial charge in [-0.25, -0.2) is 0 Å². The third-order valence-corrected chi connectivity index (χ3v) is 6.45. The maximum atomic E-state index is 13.2. The second-order valence-electron chi connectivity index (χ2n) is 8.14. The van der Waals surface area contributed by atoms with E-state index in [1.54, 1.807) is 0 Å². The number of carbonyl (C=O) groups excluding carboxylic acids is 1. The average Bonchev–Trinajstić information content (AvgIpc) is 3.17. The average molecular weight is 367 g/mol. The van der Waals surface area contributed by atoms with E-state index in [1.165, 1.54) is 25.9 Å². The summed E-state index contributed by atoms with van der Waals surface area (Å²) in [6.07, 6.45) is 3.54. The second-order valence-corrected chi connectivity index (χ2v) is 8.14. The minimum atomic E-state index is 0.0985. The Morgan fingerprint density at radius 3 is 2.52 bits per heavy atom. The van der Waals surface area contributed by atoms with Crippen molar-refractivity contribution in [2.24, 2.45) is 0 Å². The van der Waals surface area contributed by atoms with Crippen molar-refractivity contribution in [1.29, 1.82) is 0 Å². The zero-order valence-electron chi connectivity index (χ0n) is 16.4. The molecule has 2 aliphatic rings. The third-order valence-electron chi connectivity index (χ3n) is 6.45. The number of amides is 1. The minimum absolute atomic E-state index is 0.0985. The van der Waals surface area contributed by atoms with Crippen LogP contribution < -0.4 is 5.73 Å². The van der Waals surface area contributed by atoms with Crippen LogP contribution in [0, 0.1) is 0 Å². The van der Waals surface area contributed by atoms with Gasteiger partial charge in [-0.2, -0.15) is 0 Å². The molecular formula is C22H30N4O. The van der Waals surface area contributed by atoms with Crippen LogP contribution in [0.2, 0.25) is 0 Å². The smallest absolute Gasteiger partial charge is 0.254 e. The number of anilines is 1. The van der Waals surface area contributed by atoms with E-state index in [2.05, 4.69) is 16.8 Å². The Hall–Kier alpha value is -2.11. The molecule has 0 radical (unpaired) electrons. The number of rotatable bonds is 3. The molecule has 0 bridgehead atoms. The number of benzene rings is 2. The largest absolute Gasteiger partial charge is 0.398 e. The number of likely N-dealkylation sites (N-methyl/N-ethyl adjacent to an activating group) is 1. The molecule has 144 valence electrons. The summed E-state index contributed by atoms with van der Waals surface area (Å²) in [4.78, 5) is 20.2. The van der Waals surface area contributed by atoms with Gasteiger partial charge < -0.3 is 15.5 Å².